The quantitative estimate of drug-likeness (QED) is 0.844. The van der Waals surface area contributed by atoms with Gasteiger partial charge in [0.2, 0.25) is 5.88 Å². The number of aromatic nitrogens is 1. The zero-order chi connectivity index (χ0) is 15.4. The molecule has 2 aromatic rings. The van der Waals surface area contributed by atoms with Crippen LogP contribution >= 0.6 is 0 Å². The Kier molecular flexibility index (Phi) is 4.32. The van der Waals surface area contributed by atoms with Gasteiger partial charge in [-0.3, -0.25) is 4.79 Å². The van der Waals surface area contributed by atoms with Crippen LogP contribution in [0.4, 0.5) is 14.5 Å². The Hall–Kier alpha value is -2.70. The standard InChI is InChI=1S/C14H13F2N3O2/c1-21-13-3-2-8(6-18-13)7-19-14(20)9-4-10(15)11(16)5-12(9)17/h2-6H,7,17H2,1H3,(H,19,20). The van der Waals surface area contributed by atoms with Crippen LogP contribution in [0.5, 0.6) is 5.88 Å². The fourth-order valence-electron chi connectivity index (χ4n) is 1.67. The molecule has 2 rings (SSSR count). The Balaban J connectivity index is 2.06. The summed E-state index contributed by atoms with van der Waals surface area (Å²) in [6.07, 6.45) is 1.54. The lowest BCUT2D eigenvalue weighted by Gasteiger charge is -2.08. The van der Waals surface area contributed by atoms with Crippen LogP contribution in [0.1, 0.15) is 15.9 Å². The van der Waals surface area contributed by atoms with Crippen LogP contribution in [-0.2, 0) is 6.54 Å². The molecule has 0 bridgehead atoms. The number of ether oxygens (including phenoxy) is 1. The second kappa shape index (κ2) is 6.17. The molecule has 1 amide bonds. The number of nitrogen functional groups attached to an aromatic ring is 1. The van der Waals surface area contributed by atoms with Gasteiger partial charge in [-0.2, -0.15) is 0 Å². The molecule has 0 saturated heterocycles. The maximum absolute atomic E-state index is 13.1. The molecule has 7 heteroatoms. The van der Waals surface area contributed by atoms with Crippen LogP contribution in [0.2, 0.25) is 0 Å². The van der Waals surface area contributed by atoms with Crippen molar-refractivity contribution >= 4 is 11.6 Å². The van der Waals surface area contributed by atoms with Crippen molar-refractivity contribution in [1.82, 2.24) is 10.3 Å². The predicted octanol–water partition coefficient (Wildman–Crippen LogP) is 1.88. The number of nitrogens with one attached hydrogen (secondary N) is 1. The minimum Gasteiger partial charge on any atom is -0.481 e. The molecule has 1 aromatic carbocycles. The number of hydrogen-bond acceptors (Lipinski definition) is 4. The molecular formula is C14H13F2N3O2. The molecule has 1 heterocycles. The van der Waals surface area contributed by atoms with Crippen LogP contribution in [-0.4, -0.2) is 18.0 Å². The van der Waals surface area contributed by atoms with Gasteiger partial charge < -0.3 is 15.8 Å². The molecule has 5 nitrogen and oxygen atoms in total. The summed E-state index contributed by atoms with van der Waals surface area (Å²) in [4.78, 5) is 15.9. The molecule has 0 fully saturated rings. The number of hydrogen-bond donors (Lipinski definition) is 2. The van der Waals surface area contributed by atoms with Crippen molar-refractivity contribution in [3.8, 4) is 5.88 Å². The highest BCUT2D eigenvalue weighted by Gasteiger charge is 2.14. The molecular weight excluding hydrogens is 280 g/mol. The summed E-state index contributed by atoms with van der Waals surface area (Å²) >= 11 is 0. The summed E-state index contributed by atoms with van der Waals surface area (Å²) in [5.74, 6) is -2.36. The number of nitrogens with two attached hydrogens (primary N) is 1. The number of methoxy groups -OCH3 is 1. The molecule has 0 radical (unpaired) electrons. The normalized spacial score (nSPS) is 10.2. The zero-order valence-electron chi connectivity index (χ0n) is 11.2. The largest absolute Gasteiger partial charge is 0.481 e. The number of pyridine rings is 1. The Morgan fingerprint density at radius 1 is 1.33 bits per heavy atom. The van der Waals surface area contributed by atoms with Gasteiger partial charge in [-0.1, -0.05) is 6.07 Å². The van der Waals surface area contributed by atoms with Crippen LogP contribution < -0.4 is 15.8 Å². The number of amides is 1. The smallest absolute Gasteiger partial charge is 0.253 e. The third kappa shape index (κ3) is 3.44. The van der Waals surface area contributed by atoms with E-state index in [-0.39, 0.29) is 17.8 Å². The summed E-state index contributed by atoms with van der Waals surface area (Å²) in [6.45, 7) is 0.175. The van der Waals surface area contributed by atoms with Gasteiger partial charge in [-0.05, 0) is 11.6 Å². The molecule has 0 aliphatic heterocycles. The number of halogens is 2. The molecule has 0 atom stereocenters. The summed E-state index contributed by atoms with van der Waals surface area (Å²) in [7, 11) is 1.50. The second-order valence-corrected chi connectivity index (χ2v) is 4.25. The molecule has 110 valence electrons. The third-order valence-corrected chi connectivity index (χ3v) is 2.80. The highest BCUT2D eigenvalue weighted by atomic mass is 19.2. The third-order valence-electron chi connectivity index (χ3n) is 2.80. The Labute approximate surface area is 119 Å². The van der Waals surface area contributed by atoms with Gasteiger partial charge >= 0.3 is 0 Å². The molecule has 21 heavy (non-hydrogen) atoms. The van der Waals surface area contributed by atoms with Gasteiger partial charge in [-0.15, -0.1) is 0 Å². The van der Waals surface area contributed by atoms with Crippen LogP contribution in [0.25, 0.3) is 0 Å². The molecule has 0 spiro atoms. The summed E-state index contributed by atoms with van der Waals surface area (Å²) in [5, 5.41) is 2.55. The van der Waals surface area contributed by atoms with E-state index >= 15 is 0 Å². The highest BCUT2D eigenvalue weighted by molar-refractivity contribution is 5.99. The minimum atomic E-state index is -1.12. The first-order chi connectivity index (χ1) is 10.0. The van der Waals surface area contributed by atoms with Crippen LogP contribution in [0.15, 0.2) is 30.5 Å². The van der Waals surface area contributed by atoms with Gasteiger partial charge in [0.15, 0.2) is 11.6 Å². The Bertz CT molecular complexity index is 660. The van der Waals surface area contributed by atoms with Gasteiger partial charge in [0.25, 0.3) is 5.91 Å². The maximum atomic E-state index is 13.1. The Morgan fingerprint density at radius 2 is 2.05 bits per heavy atom. The van der Waals surface area contributed by atoms with Crippen molar-refractivity contribution in [3.63, 3.8) is 0 Å². The number of carbonyl (C=O) groups excluding carboxylic acids is 1. The first kappa shape index (κ1) is 14.7. The van der Waals surface area contributed by atoms with Crippen molar-refractivity contribution < 1.29 is 18.3 Å². The van der Waals surface area contributed by atoms with Gasteiger partial charge in [0.05, 0.1) is 12.7 Å². The average Bonchev–Trinajstić information content (AvgIpc) is 2.49. The first-order valence-electron chi connectivity index (χ1n) is 6.03. The van der Waals surface area contributed by atoms with Crippen LogP contribution in [0.3, 0.4) is 0 Å². The van der Waals surface area contributed by atoms with Gasteiger partial charge in [0.1, 0.15) is 0 Å². The highest BCUT2D eigenvalue weighted by Crippen LogP contribution is 2.17. The molecule has 1 aromatic heterocycles. The van der Waals surface area contributed by atoms with E-state index < -0.39 is 17.5 Å². The fraction of sp³-hybridized carbons (Fsp3) is 0.143. The number of rotatable bonds is 4. The van der Waals surface area contributed by atoms with E-state index in [0.717, 1.165) is 17.7 Å². The lowest BCUT2D eigenvalue weighted by Crippen LogP contribution is -2.24. The van der Waals surface area contributed by atoms with E-state index in [9.17, 15) is 13.6 Å². The Morgan fingerprint density at radius 3 is 2.67 bits per heavy atom. The molecule has 0 saturated carbocycles. The van der Waals surface area contributed by atoms with Crippen molar-refractivity contribution in [2.75, 3.05) is 12.8 Å². The summed E-state index contributed by atoms with van der Waals surface area (Å²) in [6, 6.07) is 4.92. The monoisotopic (exact) mass is 293 g/mol. The lowest BCUT2D eigenvalue weighted by molar-refractivity contribution is 0.0951. The lowest BCUT2D eigenvalue weighted by atomic mass is 10.1. The van der Waals surface area contributed by atoms with Crippen molar-refractivity contribution in [1.29, 1.82) is 0 Å². The first-order valence-corrected chi connectivity index (χ1v) is 6.03. The SMILES string of the molecule is COc1ccc(CNC(=O)c2cc(F)c(F)cc2N)cn1. The van der Waals surface area contributed by atoms with Crippen molar-refractivity contribution in [2.45, 2.75) is 6.54 Å². The number of anilines is 1. The fourth-order valence-corrected chi connectivity index (χ4v) is 1.67. The molecule has 0 unspecified atom stereocenters. The van der Waals surface area contributed by atoms with E-state index in [0.29, 0.717) is 5.88 Å². The molecule has 0 aliphatic rings. The molecule has 3 N–H and O–H groups in total. The average molecular weight is 293 g/mol. The number of nitrogens with zero attached hydrogens (tertiary/aromatic N) is 1. The summed E-state index contributed by atoms with van der Waals surface area (Å²) < 4.78 is 31.0. The van der Waals surface area contributed by atoms with E-state index in [4.69, 9.17) is 10.5 Å². The maximum Gasteiger partial charge on any atom is 0.253 e. The number of benzene rings is 1. The number of carbonyl (C=O) groups is 1. The van der Waals surface area contributed by atoms with Gasteiger partial charge in [0, 0.05) is 30.6 Å². The second-order valence-electron chi connectivity index (χ2n) is 4.25. The predicted molar refractivity (Wildman–Crippen MR) is 72.7 cm³/mol. The topological polar surface area (TPSA) is 77.2 Å². The minimum absolute atomic E-state index is 0.115. The van der Waals surface area contributed by atoms with Crippen molar-refractivity contribution in [3.05, 3.63) is 53.2 Å². The van der Waals surface area contributed by atoms with Gasteiger partial charge in [-0.25, -0.2) is 13.8 Å². The van der Waals surface area contributed by atoms with Crippen molar-refractivity contribution in [2.24, 2.45) is 0 Å². The van der Waals surface area contributed by atoms with E-state index in [1.165, 1.54) is 13.3 Å². The van der Waals surface area contributed by atoms with E-state index in [1.807, 2.05) is 0 Å². The van der Waals surface area contributed by atoms with E-state index in [2.05, 4.69) is 10.3 Å². The zero-order valence-corrected chi connectivity index (χ0v) is 11.2. The molecule has 0 aliphatic carbocycles. The van der Waals surface area contributed by atoms with Crippen LogP contribution in [0, 0.1) is 11.6 Å². The summed E-state index contributed by atoms with van der Waals surface area (Å²) in [5.41, 5.74) is 5.99. The van der Waals surface area contributed by atoms with E-state index in [1.54, 1.807) is 12.1 Å².